The molecule has 94 valence electrons. The lowest BCUT2D eigenvalue weighted by Gasteiger charge is -2.09. The lowest BCUT2D eigenvalue weighted by Crippen LogP contribution is -1.97. The molecule has 0 aliphatic rings. The Hall–Kier alpha value is -0.930. The monoisotopic (exact) mass is 324 g/mol. The van der Waals surface area contributed by atoms with Crippen LogP contribution in [0.5, 0.6) is 0 Å². The first-order valence-corrected chi connectivity index (χ1v) is 6.85. The van der Waals surface area contributed by atoms with Gasteiger partial charge in [0, 0.05) is 21.3 Å². The molecule has 0 saturated heterocycles. The molecule has 18 heavy (non-hydrogen) atoms. The van der Waals surface area contributed by atoms with E-state index in [1.165, 1.54) is 11.1 Å². The van der Waals surface area contributed by atoms with Gasteiger partial charge in [-0.15, -0.1) is 0 Å². The Bertz CT molecular complexity index is 522. The zero-order valence-electron chi connectivity index (χ0n) is 10.8. The van der Waals surface area contributed by atoms with E-state index in [1.54, 1.807) is 0 Å². The van der Waals surface area contributed by atoms with Crippen molar-refractivity contribution in [1.29, 1.82) is 0 Å². The Balaban J connectivity index is 2.63. The van der Waals surface area contributed by atoms with Crippen LogP contribution in [0.1, 0.15) is 22.4 Å². The minimum atomic E-state index is 0.524. The van der Waals surface area contributed by atoms with Crippen LogP contribution in [0, 0.1) is 27.7 Å². The molecule has 0 radical (unpaired) electrons. The second kappa shape index (κ2) is 4.98. The second-order valence-corrected chi connectivity index (χ2v) is 5.62. The van der Waals surface area contributed by atoms with Crippen molar-refractivity contribution in [3.05, 3.63) is 44.1 Å². The highest BCUT2D eigenvalue weighted by molar-refractivity contribution is 9.10. The fourth-order valence-corrected chi connectivity index (χ4v) is 2.24. The largest absolute Gasteiger partial charge is 0.233 e. The van der Waals surface area contributed by atoms with Crippen molar-refractivity contribution >= 4 is 27.5 Å². The Morgan fingerprint density at radius 1 is 1.00 bits per heavy atom. The van der Waals surface area contributed by atoms with Crippen LogP contribution in [0.3, 0.4) is 0 Å². The molecule has 0 aliphatic heterocycles. The van der Waals surface area contributed by atoms with Gasteiger partial charge in [0.2, 0.25) is 0 Å². The van der Waals surface area contributed by atoms with Gasteiger partial charge in [0.1, 0.15) is 5.15 Å². The molecule has 0 amide bonds. The van der Waals surface area contributed by atoms with Gasteiger partial charge in [-0.2, -0.15) is 0 Å². The minimum absolute atomic E-state index is 0.524. The van der Waals surface area contributed by atoms with Crippen molar-refractivity contribution in [2.45, 2.75) is 27.7 Å². The van der Waals surface area contributed by atoms with Crippen molar-refractivity contribution in [1.82, 2.24) is 9.97 Å². The fraction of sp³-hybridized carbons (Fsp3) is 0.286. The van der Waals surface area contributed by atoms with Gasteiger partial charge in [-0.25, -0.2) is 9.97 Å². The number of nitrogens with zero attached hydrogens (tertiary/aromatic N) is 2. The summed E-state index contributed by atoms with van der Waals surface area (Å²) >= 11 is 9.68. The summed E-state index contributed by atoms with van der Waals surface area (Å²) in [6.07, 6.45) is 0. The van der Waals surface area contributed by atoms with E-state index in [0.717, 1.165) is 21.3 Å². The van der Waals surface area contributed by atoms with Gasteiger partial charge in [0.15, 0.2) is 5.82 Å². The van der Waals surface area contributed by atoms with Gasteiger partial charge in [0.25, 0.3) is 0 Å². The van der Waals surface area contributed by atoms with Crippen molar-refractivity contribution in [2.24, 2.45) is 0 Å². The zero-order valence-corrected chi connectivity index (χ0v) is 13.1. The maximum absolute atomic E-state index is 6.12. The first kappa shape index (κ1) is 13.5. The number of benzene rings is 1. The average molecular weight is 326 g/mol. The van der Waals surface area contributed by atoms with E-state index in [2.05, 4.69) is 51.9 Å². The van der Waals surface area contributed by atoms with Crippen LogP contribution in [0.25, 0.3) is 11.4 Å². The van der Waals surface area contributed by atoms with Crippen LogP contribution >= 0.6 is 27.5 Å². The predicted octanol–water partition coefficient (Wildman–Crippen LogP) is 4.79. The molecule has 1 aromatic carbocycles. The smallest absolute Gasteiger partial charge is 0.161 e. The van der Waals surface area contributed by atoms with Crippen LogP contribution in [0.15, 0.2) is 16.6 Å². The number of aryl methyl sites for hydroxylation is 3. The third-order valence-corrected chi connectivity index (χ3v) is 4.64. The first-order chi connectivity index (χ1) is 8.40. The molecule has 4 heteroatoms. The minimum Gasteiger partial charge on any atom is -0.233 e. The highest BCUT2D eigenvalue weighted by Crippen LogP contribution is 2.28. The van der Waals surface area contributed by atoms with Gasteiger partial charge >= 0.3 is 0 Å². The zero-order chi connectivity index (χ0) is 13.4. The molecule has 0 N–H and O–H groups in total. The molecule has 0 bridgehead atoms. The van der Waals surface area contributed by atoms with Crippen LogP contribution in [-0.2, 0) is 0 Å². The number of hydrogen-bond donors (Lipinski definition) is 0. The SMILES string of the molecule is Cc1cc(-c2nc(C)c(C)c(Cl)n2)cc(C)c1Br. The molecule has 1 heterocycles. The number of aromatic nitrogens is 2. The second-order valence-electron chi connectivity index (χ2n) is 4.47. The van der Waals surface area contributed by atoms with Crippen molar-refractivity contribution in [3.63, 3.8) is 0 Å². The highest BCUT2D eigenvalue weighted by atomic mass is 79.9. The van der Waals surface area contributed by atoms with Gasteiger partial charge in [-0.3, -0.25) is 0 Å². The lowest BCUT2D eigenvalue weighted by atomic mass is 10.1. The third-order valence-electron chi connectivity index (χ3n) is 3.02. The molecule has 2 nitrogen and oxygen atoms in total. The molecule has 0 atom stereocenters. The summed E-state index contributed by atoms with van der Waals surface area (Å²) in [5, 5.41) is 0.524. The summed E-state index contributed by atoms with van der Waals surface area (Å²) in [6.45, 7) is 8.00. The Morgan fingerprint density at radius 3 is 2.06 bits per heavy atom. The number of rotatable bonds is 1. The number of halogens is 2. The van der Waals surface area contributed by atoms with Crippen LogP contribution in [0.4, 0.5) is 0 Å². The summed E-state index contributed by atoms with van der Waals surface area (Å²) in [6, 6.07) is 4.13. The lowest BCUT2D eigenvalue weighted by molar-refractivity contribution is 1.07. The normalized spacial score (nSPS) is 10.8. The van der Waals surface area contributed by atoms with Gasteiger partial charge < -0.3 is 0 Å². The van der Waals surface area contributed by atoms with E-state index < -0.39 is 0 Å². The van der Waals surface area contributed by atoms with E-state index in [4.69, 9.17) is 11.6 Å². The molecule has 2 aromatic rings. The predicted molar refractivity (Wildman–Crippen MR) is 79.1 cm³/mol. The van der Waals surface area contributed by atoms with Crippen molar-refractivity contribution in [2.75, 3.05) is 0 Å². The Kier molecular flexibility index (Phi) is 3.74. The van der Waals surface area contributed by atoms with Crippen molar-refractivity contribution in [3.8, 4) is 11.4 Å². The summed E-state index contributed by atoms with van der Waals surface area (Å²) < 4.78 is 1.13. The topological polar surface area (TPSA) is 25.8 Å². The molecule has 0 aliphatic carbocycles. The van der Waals surface area contributed by atoms with E-state index in [9.17, 15) is 0 Å². The van der Waals surface area contributed by atoms with Gasteiger partial charge in [-0.1, -0.05) is 27.5 Å². The van der Waals surface area contributed by atoms with Gasteiger partial charge in [0.05, 0.1) is 0 Å². The quantitative estimate of drug-likeness (QED) is 0.704. The molecule has 1 aromatic heterocycles. The summed E-state index contributed by atoms with van der Waals surface area (Å²) in [4.78, 5) is 8.86. The van der Waals surface area contributed by atoms with Crippen LogP contribution < -0.4 is 0 Å². The maximum Gasteiger partial charge on any atom is 0.161 e. The summed E-state index contributed by atoms with van der Waals surface area (Å²) in [7, 11) is 0. The van der Waals surface area contributed by atoms with Crippen LogP contribution in [0.2, 0.25) is 5.15 Å². The van der Waals surface area contributed by atoms with Gasteiger partial charge in [-0.05, 0) is 51.0 Å². The first-order valence-electron chi connectivity index (χ1n) is 5.68. The molecule has 2 rings (SSSR count). The molecular formula is C14H14BrClN2. The van der Waals surface area contributed by atoms with E-state index in [0.29, 0.717) is 11.0 Å². The highest BCUT2D eigenvalue weighted by Gasteiger charge is 2.10. The summed E-state index contributed by atoms with van der Waals surface area (Å²) in [5.74, 6) is 0.682. The van der Waals surface area contributed by atoms with E-state index in [-0.39, 0.29) is 0 Å². The van der Waals surface area contributed by atoms with Crippen LogP contribution in [-0.4, -0.2) is 9.97 Å². The van der Waals surface area contributed by atoms with E-state index >= 15 is 0 Å². The summed E-state index contributed by atoms with van der Waals surface area (Å²) in [5.41, 5.74) is 5.19. The Labute approximate surface area is 121 Å². The average Bonchev–Trinajstić information content (AvgIpc) is 2.31. The van der Waals surface area contributed by atoms with E-state index in [1.807, 2.05) is 13.8 Å². The maximum atomic E-state index is 6.12. The molecule has 0 saturated carbocycles. The third kappa shape index (κ3) is 2.43. The van der Waals surface area contributed by atoms with Crippen molar-refractivity contribution < 1.29 is 0 Å². The molecular weight excluding hydrogens is 312 g/mol. The molecule has 0 spiro atoms. The molecule has 0 fully saturated rings. The Morgan fingerprint density at radius 2 is 1.56 bits per heavy atom. The fourth-order valence-electron chi connectivity index (χ4n) is 1.80. The number of hydrogen-bond acceptors (Lipinski definition) is 2. The standard InChI is InChI=1S/C14H14BrClN2/c1-7-5-11(6-8(2)12(7)15)14-17-10(4)9(3)13(16)18-14/h5-6H,1-4H3. The molecule has 0 unspecified atom stereocenters.